The van der Waals surface area contributed by atoms with Gasteiger partial charge in [0, 0.05) is 33.2 Å². The summed E-state index contributed by atoms with van der Waals surface area (Å²) in [6.45, 7) is 1.95. The van der Waals surface area contributed by atoms with E-state index in [1.54, 1.807) is 12.0 Å². The molecule has 2 heterocycles. The van der Waals surface area contributed by atoms with Gasteiger partial charge >= 0.3 is 5.97 Å². The number of carbonyl (C=O) groups is 2. The molecule has 2 N–H and O–H groups in total. The molecule has 6 heteroatoms. The number of nitrogens with one attached hydrogen (secondary N) is 1. The molecule has 0 aromatic carbocycles. The van der Waals surface area contributed by atoms with Crippen molar-refractivity contribution >= 4 is 11.9 Å². The first-order chi connectivity index (χ1) is 8.60. The van der Waals surface area contributed by atoms with E-state index < -0.39 is 5.97 Å². The first-order valence-corrected chi connectivity index (χ1v) is 6.37. The van der Waals surface area contributed by atoms with Crippen molar-refractivity contribution in [1.82, 2.24) is 10.2 Å². The van der Waals surface area contributed by atoms with Gasteiger partial charge in [0.25, 0.3) is 0 Å². The van der Waals surface area contributed by atoms with Gasteiger partial charge in [-0.2, -0.15) is 0 Å². The van der Waals surface area contributed by atoms with Crippen LogP contribution in [0.1, 0.15) is 19.3 Å². The maximum atomic E-state index is 12.2. The van der Waals surface area contributed by atoms with Crippen LogP contribution >= 0.6 is 0 Å². The number of carbonyl (C=O) groups excluding carboxylic acids is 1. The molecule has 0 radical (unpaired) electrons. The van der Waals surface area contributed by atoms with Crippen molar-refractivity contribution in [2.75, 3.05) is 26.7 Å². The average molecular weight is 256 g/mol. The van der Waals surface area contributed by atoms with Crippen molar-refractivity contribution in [3.8, 4) is 0 Å². The highest BCUT2D eigenvalue weighted by molar-refractivity contribution is 5.82. The molecule has 2 saturated heterocycles. The Morgan fingerprint density at radius 1 is 1.50 bits per heavy atom. The number of aliphatic carboxylic acids is 1. The smallest absolute Gasteiger partial charge is 0.303 e. The normalized spacial score (nSPS) is 31.8. The molecule has 0 bridgehead atoms. The van der Waals surface area contributed by atoms with Crippen molar-refractivity contribution in [2.24, 2.45) is 5.92 Å². The number of hydrogen-bond donors (Lipinski definition) is 2. The molecule has 0 saturated carbocycles. The number of amides is 1. The lowest BCUT2D eigenvalue weighted by atomic mass is 10.1. The zero-order valence-electron chi connectivity index (χ0n) is 10.6. The topological polar surface area (TPSA) is 78.9 Å². The van der Waals surface area contributed by atoms with Gasteiger partial charge < -0.3 is 20.1 Å². The van der Waals surface area contributed by atoms with Crippen LogP contribution in [0.2, 0.25) is 0 Å². The summed E-state index contributed by atoms with van der Waals surface area (Å²) in [5.74, 6) is -0.596. The van der Waals surface area contributed by atoms with Crippen LogP contribution < -0.4 is 5.32 Å². The summed E-state index contributed by atoms with van der Waals surface area (Å²) in [5.41, 5.74) is 0. The molecule has 18 heavy (non-hydrogen) atoms. The molecule has 0 aliphatic carbocycles. The summed E-state index contributed by atoms with van der Waals surface area (Å²) < 4.78 is 5.22. The molecule has 0 spiro atoms. The molecule has 2 fully saturated rings. The number of ether oxygens (including phenoxy) is 1. The fraction of sp³-hybridized carbons (Fsp3) is 0.833. The molecule has 3 atom stereocenters. The minimum absolute atomic E-state index is 0.0856. The summed E-state index contributed by atoms with van der Waals surface area (Å²) in [5, 5.41) is 11.9. The van der Waals surface area contributed by atoms with Gasteiger partial charge in [-0.3, -0.25) is 9.59 Å². The number of hydrogen-bond acceptors (Lipinski definition) is 4. The Balaban J connectivity index is 1.82. The van der Waals surface area contributed by atoms with E-state index in [9.17, 15) is 9.59 Å². The number of nitrogens with zero attached hydrogens (tertiary/aromatic N) is 1. The predicted octanol–water partition coefficient (Wildman–Crippen LogP) is -0.313. The zero-order valence-corrected chi connectivity index (χ0v) is 10.6. The highest BCUT2D eigenvalue weighted by Gasteiger charge is 2.35. The summed E-state index contributed by atoms with van der Waals surface area (Å²) in [6, 6.07) is -0.168. The molecule has 1 amide bonds. The van der Waals surface area contributed by atoms with Gasteiger partial charge in [0.15, 0.2) is 0 Å². The van der Waals surface area contributed by atoms with Crippen molar-refractivity contribution in [3.05, 3.63) is 0 Å². The maximum Gasteiger partial charge on any atom is 0.303 e. The largest absolute Gasteiger partial charge is 0.481 e. The maximum absolute atomic E-state index is 12.2. The highest BCUT2D eigenvalue weighted by atomic mass is 16.5. The number of methoxy groups -OCH3 is 1. The van der Waals surface area contributed by atoms with Gasteiger partial charge in [0.1, 0.15) is 0 Å². The van der Waals surface area contributed by atoms with E-state index in [1.807, 2.05) is 0 Å². The Labute approximate surface area is 106 Å². The molecule has 3 unspecified atom stereocenters. The van der Waals surface area contributed by atoms with Gasteiger partial charge in [0.2, 0.25) is 5.91 Å². The van der Waals surface area contributed by atoms with Crippen LogP contribution in [-0.4, -0.2) is 60.8 Å². The fourth-order valence-electron chi connectivity index (χ4n) is 2.74. The Kier molecular flexibility index (Phi) is 4.19. The second-order valence-corrected chi connectivity index (χ2v) is 5.09. The van der Waals surface area contributed by atoms with E-state index in [0.717, 1.165) is 6.42 Å². The second kappa shape index (κ2) is 5.67. The lowest BCUT2D eigenvalue weighted by Gasteiger charge is -2.20. The van der Waals surface area contributed by atoms with E-state index in [4.69, 9.17) is 9.84 Å². The van der Waals surface area contributed by atoms with Crippen LogP contribution in [0.15, 0.2) is 0 Å². The van der Waals surface area contributed by atoms with Gasteiger partial charge in [-0.1, -0.05) is 0 Å². The monoisotopic (exact) mass is 256 g/mol. The van der Waals surface area contributed by atoms with Gasteiger partial charge in [-0.05, 0) is 18.8 Å². The average Bonchev–Trinajstić information content (AvgIpc) is 2.95. The summed E-state index contributed by atoms with van der Waals surface area (Å²) >= 11 is 0. The number of carboxylic acid groups (broad SMARTS) is 1. The van der Waals surface area contributed by atoms with Gasteiger partial charge in [0.05, 0.1) is 12.1 Å². The van der Waals surface area contributed by atoms with Crippen LogP contribution in [0.3, 0.4) is 0 Å². The van der Waals surface area contributed by atoms with E-state index in [0.29, 0.717) is 26.1 Å². The van der Waals surface area contributed by atoms with Crippen molar-refractivity contribution in [1.29, 1.82) is 0 Å². The molecular formula is C12H20N2O4. The molecule has 0 aromatic heterocycles. The third-order valence-corrected chi connectivity index (χ3v) is 3.78. The van der Waals surface area contributed by atoms with Crippen molar-refractivity contribution in [2.45, 2.75) is 31.4 Å². The van der Waals surface area contributed by atoms with Gasteiger partial charge in [-0.15, -0.1) is 0 Å². The fourth-order valence-corrected chi connectivity index (χ4v) is 2.74. The Morgan fingerprint density at radius 3 is 2.89 bits per heavy atom. The summed E-state index contributed by atoms with van der Waals surface area (Å²) in [6.07, 6.45) is 1.76. The van der Waals surface area contributed by atoms with E-state index in [2.05, 4.69) is 5.32 Å². The predicted molar refractivity (Wildman–Crippen MR) is 64.1 cm³/mol. The highest BCUT2D eigenvalue weighted by Crippen LogP contribution is 2.22. The van der Waals surface area contributed by atoms with Crippen molar-refractivity contribution in [3.63, 3.8) is 0 Å². The van der Waals surface area contributed by atoms with Crippen LogP contribution in [0.5, 0.6) is 0 Å². The Hall–Kier alpha value is -1.14. The number of rotatable bonds is 4. The van der Waals surface area contributed by atoms with Crippen LogP contribution in [0, 0.1) is 5.92 Å². The summed E-state index contributed by atoms with van der Waals surface area (Å²) in [7, 11) is 1.65. The minimum atomic E-state index is -0.785. The van der Waals surface area contributed by atoms with Gasteiger partial charge in [-0.25, -0.2) is 0 Å². The Morgan fingerprint density at radius 2 is 2.28 bits per heavy atom. The number of carboxylic acids is 1. The first-order valence-electron chi connectivity index (χ1n) is 6.37. The molecule has 2 aliphatic rings. The lowest BCUT2D eigenvalue weighted by molar-refractivity contribution is -0.138. The SMILES string of the molecule is COC1CNC(C(=O)N2CCC(CC(=O)O)C2)C1. The van der Waals surface area contributed by atoms with Crippen molar-refractivity contribution < 1.29 is 19.4 Å². The molecular weight excluding hydrogens is 236 g/mol. The third-order valence-electron chi connectivity index (χ3n) is 3.78. The lowest BCUT2D eigenvalue weighted by Crippen LogP contribution is -2.42. The van der Waals surface area contributed by atoms with Crippen LogP contribution in [0.25, 0.3) is 0 Å². The standard InChI is InChI=1S/C12H20N2O4/c1-18-9-5-10(13-6-9)12(17)14-3-2-8(7-14)4-11(15)16/h8-10,13H,2-7H2,1H3,(H,15,16). The molecule has 0 aromatic rings. The minimum Gasteiger partial charge on any atom is -0.481 e. The van der Waals surface area contributed by atoms with E-state index >= 15 is 0 Å². The third kappa shape index (κ3) is 3.00. The van der Waals surface area contributed by atoms with E-state index in [1.165, 1.54) is 0 Å². The molecule has 6 nitrogen and oxygen atoms in total. The summed E-state index contributed by atoms with van der Waals surface area (Å²) in [4.78, 5) is 24.6. The first kappa shape index (κ1) is 13.3. The molecule has 2 aliphatic heterocycles. The molecule has 102 valence electrons. The van der Waals surface area contributed by atoms with Crippen LogP contribution in [-0.2, 0) is 14.3 Å². The Bertz CT molecular complexity index is 334. The zero-order chi connectivity index (χ0) is 13.1. The van der Waals surface area contributed by atoms with E-state index in [-0.39, 0.29) is 30.4 Å². The number of likely N-dealkylation sites (tertiary alicyclic amines) is 1. The second-order valence-electron chi connectivity index (χ2n) is 5.09. The van der Waals surface area contributed by atoms with Crippen LogP contribution in [0.4, 0.5) is 0 Å². The quantitative estimate of drug-likeness (QED) is 0.721. The molecule has 2 rings (SSSR count).